The Morgan fingerprint density at radius 3 is 3.00 bits per heavy atom. The predicted octanol–water partition coefficient (Wildman–Crippen LogP) is 1.52. The molecule has 2 aromatic heterocycles. The van der Waals surface area contributed by atoms with E-state index < -0.39 is 0 Å². The lowest BCUT2D eigenvalue weighted by Gasteiger charge is -2.27. The minimum absolute atomic E-state index is 0.0953. The van der Waals surface area contributed by atoms with Gasteiger partial charge in [-0.2, -0.15) is 0 Å². The highest BCUT2D eigenvalue weighted by Gasteiger charge is 2.25. The quantitative estimate of drug-likeness (QED) is 0.797. The van der Waals surface area contributed by atoms with Gasteiger partial charge in [-0.1, -0.05) is 6.07 Å². The van der Waals surface area contributed by atoms with Gasteiger partial charge < -0.3 is 9.64 Å². The molecule has 1 amide bonds. The summed E-state index contributed by atoms with van der Waals surface area (Å²) in [5.74, 6) is 0. The number of carbonyl (C=O) groups is 1. The maximum Gasteiger partial charge on any atom is 0.410 e. The van der Waals surface area contributed by atoms with Crippen LogP contribution in [0.15, 0.2) is 23.0 Å². The third-order valence-electron chi connectivity index (χ3n) is 3.72. The molecule has 0 saturated heterocycles. The Labute approximate surface area is 122 Å². The second kappa shape index (κ2) is 5.20. The summed E-state index contributed by atoms with van der Waals surface area (Å²) in [7, 11) is 0. The van der Waals surface area contributed by atoms with Gasteiger partial charge in [0.2, 0.25) is 0 Å². The Hall–Kier alpha value is -2.37. The number of hydrogen-bond donors (Lipinski definition) is 0. The molecular weight excluding hydrogens is 270 g/mol. The van der Waals surface area contributed by atoms with Gasteiger partial charge >= 0.3 is 6.09 Å². The molecule has 21 heavy (non-hydrogen) atoms. The number of hydrogen-bond acceptors (Lipinski definition) is 4. The van der Waals surface area contributed by atoms with Crippen LogP contribution in [-0.2, 0) is 17.7 Å². The zero-order chi connectivity index (χ0) is 15.0. The minimum atomic E-state index is -0.377. The topological polar surface area (TPSA) is 63.9 Å². The van der Waals surface area contributed by atoms with Crippen molar-refractivity contribution in [2.24, 2.45) is 0 Å². The van der Waals surface area contributed by atoms with Crippen LogP contribution in [0.2, 0.25) is 0 Å². The van der Waals surface area contributed by atoms with Gasteiger partial charge in [0, 0.05) is 18.7 Å². The molecular formula is C15H17N3O3. The van der Waals surface area contributed by atoms with Gasteiger partial charge in [0.15, 0.2) is 0 Å². The summed E-state index contributed by atoms with van der Waals surface area (Å²) >= 11 is 0. The Balaban J connectivity index is 2.08. The van der Waals surface area contributed by atoms with Crippen molar-refractivity contribution >= 4 is 11.7 Å². The van der Waals surface area contributed by atoms with E-state index in [9.17, 15) is 9.59 Å². The predicted molar refractivity (Wildman–Crippen MR) is 77.3 cm³/mol. The number of rotatable bonds is 1. The van der Waals surface area contributed by atoms with Crippen LogP contribution in [0, 0.1) is 6.92 Å². The van der Waals surface area contributed by atoms with E-state index in [1.54, 1.807) is 16.2 Å². The van der Waals surface area contributed by atoms with Gasteiger partial charge in [0.1, 0.15) is 5.65 Å². The maximum atomic E-state index is 12.7. The Morgan fingerprint density at radius 2 is 2.24 bits per heavy atom. The molecule has 6 heteroatoms. The van der Waals surface area contributed by atoms with Gasteiger partial charge in [0.25, 0.3) is 5.56 Å². The lowest BCUT2D eigenvalue weighted by Crippen LogP contribution is -2.40. The molecule has 0 aliphatic carbocycles. The van der Waals surface area contributed by atoms with Crippen molar-refractivity contribution in [1.29, 1.82) is 0 Å². The number of amides is 1. The first-order valence-corrected chi connectivity index (χ1v) is 7.03. The van der Waals surface area contributed by atoms with E-state index in [-0.39, 0.29) is 18.2 Å². The molecule has 3 rings (SSSR count). The Kier molecular flexibility index (Phi) is 3.37. The zero-order valence-electron chi connectivity index (χ0n) is 12.1. The average Bonchev–Trinajstić information content (AvgIpc) is 2.47. The number of aryl methyl sites for hydroxylation is 1. The summed E-state index contributed by atoms with van der Waals surface area (Å²) in [6, 6.07) is 5.58. The summed E-state index contributed by atoms with van der Waals surface area (Å²) in [5, 5.41) is 0. The monoisotopic (exact) mass is 287 g/mol. The molecule has 0 atom stereocenters. The van der Waals surface area contributed by atoms with E-state index in [1.807, 2.05) is 25.1 Å². The maximum absolute atomic E-state index is 12.7. The molecule has 110 valence electrons. The van der Waals surface area contributed by atoms with Crippen LogP contribution in [0.4, 0.5) is 4.79 Å². The molecule has 1 aliphatic rings. The van der Waals surface area contributed by atoms with Crippen LogP contribution in [0.1, 0.15) is 23.9 Å². The van der Waals surface area contributed by atoms with E-state index in [0.717, 1.165) is 11.4 Å². The van der Waals surface area contributed by atoms with Gasteiger partial charge in [-0.15, -0.1) is 0 Å². The van der Waals surface area contributed by atoms with Crippen LogP contribution in [0.5, 0.6) is 0 Å². The molecule has 1 aliphatic heterocycles. The first-order valence-electron chi connectivity index (χ1n) is 7.03. The van der Waals surface area contributed by atoms with Crippen molar-refractivity contribution in [3.8, 4) is 0 Å². The fourth-order valence-electron chi connectivity index (χ4n) is 2.67. The molecule has 3 heterocycles. The van der Waals surface area contributed by atoms with E-state index in [2.05, 4.69) is 4.98 Å². The molecule has 0 radical (unpaired) electrons. The number of carbonyl (C=O) groups excluding carboxylic acids is 1. The van der Waals surface area contributed by atoms with Crippen molar-refractivity contribution in [2.45, 2.75) is 26.8 Å². The SMILES string of the molecule is CCOC(=O)N1CCc2nc3cccc(C)n3c(=O)c2C1. The third-order valence-corrected chi connectivity index (χ3v) is 3.72. The minimum Gasteiger partial charge on any atom is -0.450 e. The van der Waals surface area contributed by atoms with E-state index in [4.69, 9.17) is 4.74 Å². The number of fused-ring (bicyclic) bond motifs is 2. The van der Waals surface area contributed by atoms with Crippen LogP contribution >= 0.6 is 0 Å². The second-order valence-corrected chi connectivity index (χ2v) is 5.07. The molecule has 2 aromatic rings. The standard InChI is InChI=1S/C15H17N3O3/c1-3-21-15(20)17-8-7-12-11(9-17)14(19)18-10(2)5-4-6-13(18)16-12/h4-6H,3,7-9H2,1-2H3. The van der Waals surface area contributed by atoms with Crippen LogP contribution in [0.3, 0.4) is 0 Å². The Bertz CT molecular complexity index is 767. The van der Waals surface area contributed by atoms with E-state index >= 15 is 0 Å². The molecule has 0 spiro atoms. The van der Waals surface area contributed by atoms with Crippen molar-refractivity contribution in [2.75, 3.05) is 13.2 Å². The van der Waals surface area contributed by atoms with Crippen molar-refractivity contribution in [3.05, 3.63) is 45.5 Å². The lowest BCUT2D eigenvalue weighted by molar-refractivity contribution is 0.102. The second-order valence-electron chi connectivity index (χ2n) is 5.07. The number of ether oxygens (including phenoxy) is 1. The summed E-state index contributed by atoms with van der Waals surface area (Å²) in [6.07, 6.45) is 0.200. The average molecular weight is 287 g/mol. The van der Waals surface area contributed by atoms with Crippen molar-refractivity contribution in [3.63, 3.8) is 0 Å². The van der Waals surface area contributed by atoms with Gasteiger partial charge in [-0.05, 0) is 26.0 Å². The highest BCUT2D eigenvalue weighted by atomic mass is 16.6. The first-order chi connectivity index (χ1) is 10.1. The largest absolute Gasteiger partial charge is 0.450 e. The lowest BCUT2D eigenvalue weighted by atomic mass is 10.1. The normalized spacial score (nSPS) is 14.1. The summed E-state index contributed by atoms with van der Waals surface area (Å²) in [4.78, 5) is 30.6. The van der Waals surface area contributed by atoms with Gasteiger partial charge in [-0.25, -0.2) is 9.78 Å². The third kappa shape index (κ3) is 2.26. The smallest absolute Gasteiger partial charge is 0.410 e. The number of pyridine rings is 1. The molecule has 0 fully saturated rings. The molecule has 0 aromatic carbocycles. The first kappa shape index (κ1) is 13.6. The number of nitrogens with zero attached hydrogens (tertiary/aromatic N) is 3. The summed E-state index contributed by atoms with van der Waals surface area (Å²) in [6.45, 7) is 4.76. The van der Waals surface area contributed by atoms with Crippen molar-refractivity contribution in [1.82, 2.24) is 14.3 Å². The zero-order valence-corrected chi connectivity index (χ0v) is 12.1. The molecule has 6 nitrogen and oxygen atoms in total. The number of aromatic nitrogens is 2. The molecule has 0 saturated carbocycles. The van der Waals surface area contributed by atoms with Gasteiger partial charge in [0.05, 0.1) is 24.4 Å². The van der Waals surface area contributed by atoms with Crippen LogP contribution < -0.4 is 5.56 Å². The molecule has 0 N–H and O–H groups in total. The van der Waals surface area contributed by atoms with Crippen LogP contribution in [0.25, 0.3) is 5.65 Å². The Morgan fingerprint density at radius 1 is 1.43 bits per heavy atom. The fourth-order valence-corrected chi connectivity index (χ4v) is 2.67. The molecule has 0 bridgehead atoms. The fraction of sp³-hybridized carbons (Fsp3) is 0.400. The van der Waals surface area contributed by atoms with Gasteiger partial charge in [-0.3, -0.25) is 9.20 Å². The summed E-state index contributed by atoms with van der Waals surface area (Å²) in [5.41, 5.74) is 2.76. The van der Waals surface area contributed by atoms with E-state index in [0.29, 0.717) is 30.8 Å². The van der Waals surface area contributed by atoms with Crippen molar-refractivity contribution < 1.29 is 9.53 Å². The molecule has 0 unspecified atom stereocenters. The highest BCUT2D eigenvalue weighted by molar-refractivity contribution is 5.68. The van der Waals surface area contributed by atoms with E-state index in [1.165, 1.54) is 0 Å². The van der Waals surface area contributed by atoms with Crippen LogP contribution in [-0.4, -0.2) is 33.5 Å². The summed E-state index contributed by atoms with van der Waals surface area (Å²) < 4.78 is 6.60. The highest BCUT2D eigenvalue weighted by Crippen LogP contribution is 2.16.